The van der Waals surface area contributed by atoms with E-state index in [4.69, 9.17) is 0 Å². The van der Waals surface area contributed by atoms with E-state index in [1.165, 1.54) is 6.07 Å². The summed E-state index contributed by atoms with van der Waals surface area (Å²) in [5.41, 5.74) is 1.72. The largest absolute Gasteiger partial charge is 0.507 e. The van der Waals surface area contributed by atoms with Gasteiger partial charge in [0.1, 0.15) is 5.75 Å². The fourth-order valence-corrected chi connectivity index (χ4v) is 1.91. The Morgan fingerprint density at radius 2 is 1.82 bits per heavy atom. The van der Waals surface area contributed by atoms with E-state index in [0.29, 0.717) is 0 Å². The van der Waals surface area contributed by atoms with Gasteiger partial charge in [-0.05, 0) is 23.1 Å². The van der Waals surface area contributed by atoms with E-state index in [9.17, 15) is 9.90 Å². The van der Waals surface area contributed by atoms with Gasteiger partial charge in [-0.3, -0.25) is 4.79 Å². The quantitative estimate of drug-likeness (QED) is 0.757. The molecule has 3 heteroatoms. The second-order valence-electron chi connectivity index (χ2n) is 5.41. The summed E-state index contributed by atoms with van der Waals surface area (Å²) in [6.07, 6.45) is 0. The molecule has 0 aliphatic rings. The lowest BCUT2D eigenvalue weighted by Crippen LogP contribution is -2.16. The van der Waals surface area contributed by atoms with Gasteiger partial charge < -0.3 is 9.67 Å². The highest BCUT2D eigenvalue weighted by Crippen LogP contribution is 2.29. The summed E-state index contributed by atoms with van der Waals surface area (Å²) in [7, 11) is 1.71. The van der Waals surface area contributed by atoms with Crippen molar-refractivity contribution in [2.45, 2.75) is 26.2 Å². The van der Waals surface area contributed by atoms with Crippen molar-refractivity contribution < 1.29 is 5.11 Å². The molecule has 0 radical (unpaired) electrons. The smallest absolute Gasteiger partial charge is 0.254 e. The van der Waals surface area contributed by atoms with Gasteiger partial charge in [-0.2, -0.15) is 0 Å². The third-order valence-corrected chi connectivity index (χ3v) is 3.09. The van der Waals surface area contributed by atoms with Gasteiger partial charge in [0, 0.05) is 18.5 Å². The lowest BCUT2D eigenvalue weighted by atomic mass is 9.86. The van der Waals surface area contributed by atoms with Crippen LogP contribution in [0.2, 0.25) is 0 Å². The lowest BCUT2D eigenvalue weighted by molar-refractivity contribution is 0.479. The van der Waals surface area contributed by atoms with Gasteiger partial charge in [0.25, 0.3) is 5.56 Å². The van der Waals surface area contributed by atoms with Gasteiger partial charge in [-0.15, -0.1) is 0 Å². The Labute approximate surface area is 100 Å². The monoisotopic (exact) mass is 231 g/mol. The molecule has 17 heavy (non-hydrogen) atoms. The van der Waals surface area contributed by atoms with Crippen LogP contribution in [0.3, 0.4) is 0 Å². The number of aryl methyl sites for hydroxylation is 1. The molecule has 0 aliphatic heterocycles. The molecule has 0 amide bonds. The molecule has 2 rings (SSSR count). The van der Waals surface area contributed by atoms with E-state index in [1.54, 1.807) is 11.6 Å². The Morgan fingerprint density at radius 3 is 2.41 bits per heavy atom. The Kier molecular flexibility index (Phi) is 2.49. The molecule has 0 fully saturated rings. The molecule has 1 aromatic heterocycles. The second kappa shape index (κ2) is 3.62. The van der Waals surface area contributed by atoms with Crippen LogP contribution in [0.1, 0.15) is 26.3 Å². The minimum absolute atomic E-state index is 0.0232. The van der Waals surface area contributed by atoms with Crippen LogP contribution in [0.25, 0.3) is 10.9 Å². The van der Waals surface area contributed by atoms with E-state index < -0.39 is 0 Å². The molecule has 0 saturated carbocycles. The molecule has 0 saturated heterocycles. The highest BCUT2D eigenvalue weighted by Gasteiger charge is 2.15. The average Bonchev–Trinajstić information content (AvgIpc) is 2.24. The average molecular weight is 231 g/mol. The number of pyridine rings is 1. The maximum atomic E-state index is 11.5. The molecule has 90 valence electrons. The van der Waals surface area contributed by atoms with Crippen LogP contribution in [-0.4, -0.2) is 9.67 Å². The number of nitrogens with zero attached hydrogens (tertiary/aromatic N) is 1. The van der Waals surface area contributed by atoms with E-state index in [1.807, 2.05) is 18.2 Å². The minimum Gasteiger partial charge on any atom is -0.507 e. The van der Waals surface area contributed by atoms with Gasteiger partial charge in [0.05, 0.1) is 5.52 Å². The molecule has 1 heterocycles. The highest BCUT2D eigenvalue weighted by atomic mass is 16.3. The third kappa shape index (κ3) is 1.93. The summed E-state index contributed by atoms with van der Waals surface area (Å²) in [6, 6.07) is 7.09. The zero-order chi connectivity index (χ0) is 12.8. The van der Waals surface area contributed by atoms with Crippen LogP contribution in [-0.2, 0) is 12.5 Å². The molecule has 1 N–H and O–H groups in total. The van der Waals surface area contributed by atoms with Crippen molar-refractivity contribution in [3.63, 3.8) is 0 Å². The topological polar surface area (TPSA) is 42.2 Å². The van der Waals surface area contributed by atoms with Crippen LogP contribution in [0.4, 0.5) is 0 Å². The van der Waals surface area contributed by atoms with Gasteiger partial charge in [-0.25, -0.2) is 0 Å². The fourth-order valence-electron chi connectivity index (χ4n) is 1.91. The van der Waals surface area contributed by atoms with Gasteiger partial charge >= 0.3 is 0 Å². The van der Waals surface area contributed by atoms with E-state index in [2.05, 4.69) is 20.8 Å². The van der Waals surface area contributed by atoms with Crippen LogP contribution < -0.4 is 5.56 Å². The maximum Gasteiger partial charge on any atom is 0.254 e. The molecule has 0 unspecified atom stereocenters. The van der Waals surface area contributed by atoms with E-state index >= 15 is 0 Å². The predicted molar refractivity (Wildman–Crippen MR) is 69.6 cm³/mol. The molecule has 0 aliphatic carbocycles. The molecular weight excluding hydrogens is 214 g/mol. The Balaban J connectivity index is 2.84. The highest BCUT2D eigenvalue weighted by molar-refractivity contribution is 5.85. The number of hydrogen-bond donors (Lipinski definition) is 1. The minimum atomic E-state index is -0.196. The number of aromatic hydroxyl groups is 1. The standard InChI is InChI=1S/C14H17NO2/c1-14(2,3)9-5-6-11-10(7-9)12(16)8-13(17)15(11)4/h5-8,16H,1-4H3. The van der Waals surface area contributed by atoms with Crippen molar-refractivity contribution in [1.29, 1.82) is 0 Å². The molecular formula is C14H17NO2. The molecule has 0 atom stereocenters. The number of benzene rings is 1. The lowest BCUT2D eigenvalue weighted by Gasteiger charge is -2.20. The first-order valence-corrected chi connectivity index (χ1v) is 5.64. The number of aromatic nitrogens is 1. The Bertz CT molecular complexity index is 633. The van der Waals surface area contributed by atoms with Crippen molar-refractivity contribution >= 4 is 10.9 Å². The number of rotatable bonds is 0. The van der Waals surface area contributed by atoms with E-state index in [0.717, 1.165) is 16.5 Å². The van der Waals surface area contributed by atoms with Crippen LogP contribution in [0.15, 0.2) is 29.1 Å². The fraction of sp³-hybridized carbons (Fsp3) is 0.357. The number of hydrogen-bond acceptors (Lipinski definition) is 2. The number of fused-ring (bicyclic) bond motifs is 1. The van der Waals surface area contributed by atoms with E-state index in [-0.39, 0.29) is 16.7 Å². The summed E-state index contributed by atoms with van der Waals surface area (Å²) >= 11 is 0. The van der Waals surface area contributed by atoms with Crippen molar-refractivity contribution in [3.05, 3.63) is 40.2 Å². The van der Waals surface area contributed by atoms with Crippen molar-refractivity contribution in [2.75, 3.05) is 0 Å². The zero-order valence-electron chi connectivity index (χ0n) is 10.6. The summed E-state index contributed by atoms with van der Waals surface area (Å²) < 4.78 is 1.54. The van der Waals surface area contributed by atoms with Crippen molar-refractivity contribution in [3.8, 4) is 5.75 Å². The zero-order valence-corrected chi connectivity index (χ0v) is 10.6. The molecule has 1 aromatic carbocycles. The van der Waals surface area contributed by atoms with Crippen LogP contribution in [0, 0.1) is 0 Å². The Morgan fingerprint density at radius 1 is 1.18 bits per heavy atom. The summed E-state index contributed by atoms with van der Waals surface area (Å²) in [6.45, 7) is 6.35. The van der Waals surface area contributed by atoms with Gasteiger partial charge in [0.15, 0.2) is 0 Å². The third-order valence-electron chi connectivity index (χ3n) is 3.09. The van der Waals surface area contributed by atoms with Crippen LogP contribution in [0.5, 0.6) is 5.75 Å². The summed E-state index contributed by atoms with van der Waals surface area (Å²) in [5.74, 6) is 0.0502. The van der Waals surface area contributed by atoms with Gasteiger partial charge in [-0.1, -0.05) is 26.8 Å². The predicted octanol–water partition coefficient (Wildman–Crippen LogP) is 2.54. The van der Waals surface area contributed by atoms with Crippen LogP contribution >= 0.6 is 0 Å². The summed E-state index contributed by atoms with van der Waals surface area (Å²) in [5, 5.41) is 10.6. The first-order chi connectivity index (χ1) is 7.80. The van der Waals surface area contributed by atoms with Crippen molar-refractivity contribution in [1.82, 2.24) is 4.57 Å². The van der Waals surface area contributed by atoms with Gasteiger partial charge in [0.2, 0.25) is 0 Å². The van der Waals surface area contributed by atoms with Crippen molar-refractivity contribution in [2.24, 2.45) is 7.05 Å². The first kappa shape index (κ1) is 11.7. The summed E-state index contributed by atoms with van der Waals surface area (Å²) in [4.78, 5) is 11.5. The normalized spacial score (nSPS) is 12.0. The Hall–Kier alpha value is -1.77. The molecule has 2 aromatic rings. The molecule has 0 spiro atoms. The maximum absolute atomic E-state index is 11.5. The molecule has 3 nitrogen and oxygen atoms in total. The first-order valence-electron chi connectivity index (χ1n) is 5.64. The second-order valence-corrected chi connectivity index (χ2v) is 5.41. The SMILES string of the molecule is Cn1c(=O)cc(O)c2cc(C(C)(C)C)ccc21. The molecule has 0 bridgehead atoms.